The van der Waals surface area contributed by atoms with Crippen LogP contribution < -0.4 is 21.9 Å². The van der Waals surface area contributed by atoms with E-state index >= 15 is 0 Å². The monoisotopic (exact) mass is 280 g/mol. The minimum atomic E-state index is -0.381. The zero-order valence-corrected chi connectivity index (χ0v) is 12.5. The summed E-state index contributed by atoms with van der Waals surface area (Å²) in [4.78, 5) is 20.2. The standard InChI is InChI=1S/C13H24N6O/c1-5-6-10-11(15-7-16-12(10)19-14)18-9(4)13(20)17-8(2)3/h7-9H,5-6,14H2,1-4H3,(H,17,20)(H2,15,16,18,19). The number of hydrogen-bond donors (Lipinski definition) is 4. The van der Waals surface area contributed by atoms with Gasteiger partial charge >= 0.3 is 0 Å². The molecule has 112 valence electrons. The van der Waals surface area contributed by atoms with Crippen molar-refractivity contribution >= 4 is 17.5 Å². The Morgan fingerprint density at radius 2 is 1.95 bits per heavy atom. The number of aromatic nitrogens is 2. The fourth-order valence-corrected chi connectivity index (χ4v) is 1.83. The molecule has 7 heteroatoms. The van der Waals surface area contributed by atoms with Gasteiger partial charge in [-0.3, -0.25) is 4.79 Å². The molecule has 1 aromatic rings. The Hall–Kier alpha value is -1.89. The summed E-state index contributed by atoms with van der Waals surface area (Å²) in [5, 5.41) is 5.97. The highest BCUT2D eigenvalue weighted by Crippen LogP contribution is 2.21. The second kappa shape index (κ2) is 7.64. The largest absolute Gasteiger partial charge is 0.358 e. The van der Waals surface area contributed by atoms with Gasteiger partial charge in [0.05, 0.1) is 0 Å². The van der Waals surface area contributed by atoms with Gasteiger partial charge in [0.1, 0.15) is 24.0 Å². The van der Waals surface area contributed by atoms with Crippen LogP contribution in [0.1, 0.15) is 39.7 Å². The average molecular weight is 280 g/mol. The lowest BCUT2D eigenvalue weighted by molar-refractivity contribution is -0.122. The molecule has 0 bridgehead atoms. The number of amides is 1. The van der Waals surface area contributed by atoms with E-state index in [2.05, 4.69) is 33.0 Å². The molecule has 1 aromatic heterocycles. The molecule has 1 unspecified atom stereocenters. The van der Waals surface area contributed by atoms with Crippen molar-refractivity contribution in [2.45, 2.75) is 52.6 Å². The average Bonchev–Trinajstić information content (AvgIpc) is 2.40. The molecule has 0 fully saturated rings. The molecule has 0 spiro atoms. The Kier molecular flexibility index (Phi) is 6.17. The maximum absolute atomic E-state index is 11.9. The number of carbonyl (C=O) groups is 1. The smallest absolute Gasteiger partial charge is 0.242 e. The van der Waals surface area contributed by atoms with Crippen molar-refractivity contribution in [2.75, 3.05) is 10.7 Å². The van der Waals surface area contributed by atoms with Gasteiger partial charge in [0.2, 0.25) is 5.91 Å². The van der Waals surface area contributed by atoms with E-state index in [1.165, 1.54) is 6.33 Å². The number of anilines is 2. The molecule has 0 aromatic carbocycles. The van der Waals surface area contributed by atoms with Crippen LogP contribution in [0.25, 0.3) is 0 Å². The fraction of sp³-hybridized carbons (Fsp3) is 0.615. The fourth-order valence-electron chi connectivity index (χ4n) is 1.83. The van der Waals surface area contributed by atoms with Crippen molar-refractivity contribution < 1.29 is 4.79 Å². The first-order valence-electron chi connectivity index (χ1n) is 6.87. The Morgan fingerprint density at radius 1 is 1.30 bits per heavy atom. The first kappa shape index (κ1) is 16.2. The summed E-state index contributed by atoms with van der Waals surface area (Å²) in [6, 6.07) is -0.276. The topological polar surface area (TPSA) is 105 Å². The van der Waals surface area contributed by atoms with Crippen molar-refractivity contribution in [1.29, 1.82) is 0 Å². The van der Waals surface area contributed by atoms with Gasteiger partial charge in [0, 0.05) is 11.6 Å². The number of nitrogen functional groups attached to an aromatic ring is 1. The van der Waals surface area contributed by atoms with Gasteiger partial charge in [-0.15, -0.1) is 0 Å². The molecule has 5 N–H and O–H groups in total. The van der Waals surface area contributed by atoms with E-state index in [1.54, 1.807) is 6.92 Å². The second-order valence-electron chi connectivity index (χ2n) is 4.97. The van der Waals surface area contributed by atoms with Crippen LogP contribution in [0.15, 0.2) is 6.33 Å². The highest BCUT2D eigenvalue weighted by molar-refractivity contribution is 5.84. The van der Waals surface area contributed by atoms with Crippen LogP contribution in [0.4, 0.5) is 11.6 Å². The first-order chi connectivity index (χ1) is 9.49. The number of hydrogen-bond acceptors (Lipinski definition) is 6. The third kappa shape index (κ3) is 4.34. The highest BCUT2D eigenvalue weighted by atomic mass is 16.2. The van der Waals surface area contributed by atoms with E-state index in [0.29, 0.717) is 11.6 Å². The molecule has 0 saturated heterocycles. The number of nitrogens with zero attached hydrogens (tertiary/aromatic N) is 2. The maximum atomic E-state index is 11.9. The molecule has 0 saturated carbocycles. The van der Waals surface area contributed by atoms with E-state index < -0.39 is 0 Å². The molecule has 0 aliphatic carbocycles. The second-order valence-corrected chi connectivity index (χ2v) is 4.97. The molecule has 0 aliphatic heterocycles. The van der Waals surface area contributed by atoms with E-state index in [0.717, 1.165) is 18.4 Å². The third-order valence-electron chi connectivity index (χ3n) is 2.76. The van der Waals surface area contributed by atoms with Crippen molar-refractivity contribution in [1.82, 2.24) is 15.3 Å². The minimum Gasteiger partial charge on any atom is -0.358 e. The van der Waals surface area contributed by atoms with E-state index in [1.807, 2.05) is 13.8 Å². The summed E-state index contributed by atoms with van der Waals surface area (Å²) < 4.78 is 0. The summed E-state index contributed by atoms with van der Waals surface area (Å²) in [6.07, 6.45) is 3.13. The number of hydrazine groups is 1. The van der Waals surface area contributed by atoms with E-state index in [9.17, 15) is 4.79 Å². The van der Waals surface area contributed by atoms with Gasteiger partial charge in [-0.2, -0.15) is 0 Å². The van der Waals surface area contributed by atoms with Crippen LogP contribution in [0.2, 0.25) is 0 Å². The Morgan fingerprint density at radius 3 is 2.50 bits per heavy atom. The van der Waals surface area contributed by atoms with Crippen LogP contribution in [-0.2, 0) is 11.2 Å². The summed E-state index contributed by atoms with van der Waals surface area (Å²) in [5.74, 6) is 6.62. The van der Waals surface area contributed by atoms with Crippen molar-refractivity contribution in [3.05, 3.63) is 11.9 Å². The van der Waals surface area contributed by atoms with Crippen LogP contribution in [0.5, 0.6) is 0 Å². The molecule has 1 atom stereocenters. The van der Waals surface area contributed by atoms with Gasteiger partial charge in [-0.05, 0) is 27.2 Å². The quantitative estimate of drug-likeness (QED) is 0.439. The zero-order valence-electron chi connectivity index (χ0n) is 12.5. The summed E-state index contributed by atoms with van der Waals surface area (Å²) in [5.41, 5.74) is 3.45. The zero-order chi connectivity index (χ0) is 15.1. The Bertz CT molecular complexity index is 448. The lowest BCUT2D eigenvalue weighted by Gasteiger charge is -2.19. The summed E-state index contributed by atoms with van der Waals surface area (Å²) >= 11 is 0. The third-order valence-corrected chi connectivity index (χ3v) is 2.76. The molecule has 0 radical (unpaired) electrons. The summed E-state index contributed by atoms with van der Waals surface area (Å²) in [7, 11) is 0. The lowest BCUT2D eigenvalue weighted by atomic mass is 10.1. The number of carbonyl (C=O) groups excluding carboxylic acids is 1. The van der Waals surface area contributed by atoms with Gasteiger partial charge < -0.3 is 16.1 Å². The van der Waals surface area contributed by atoms with E-state index in [-0.39, 0.29) is 18.0 Å². The van der Waals surface area contributed by atoms with Crippen molar-refractivity contribution in [3.63, 3.8) is 0 Å². The molecule has 20 heavy (non-hydrogen) atoms. The Balaban J connectivity index is 2.88. The maximum Gasteiger partial charge on any atom is 0.242 e. The van der Waals surface area contributed by atoms with Gasteiger partial charge in [0.15, 0.2) is 0 Å². The molecule has 1 rings (SSSR count). The number of rotatable bonds is 7. The van der Waals surface area contributed by atoms with Gasteiger partial charge in [0.25, 0.3) is 0 Å². The molecular formula is C13H24N6O. The van der Waals surface area contributed by atoms with Crippen molar-refractivity contribution in [2.24, 2.45) is 5.84 Å². The van der Waals surface area contributed by atoms with Crippen LogP contribution >= 0.6 is 0 Å². The van der Waals surface area contributed by atoms with Crippen LogP contribution in [0, 0.1) is 0 Å². The Labute approximate surface area is 119 Å². The predicted molar refractivity (Wildman–Crippen MR) is 80.2 cm³/mol. The SMILES string of the molecule is CCCc1c(NN)ncnc1NC(C)C(=O)NC(C)C. The van der Waals surface area contributed by atoms with Crippen molar-refractivity contribution in [3.8, 4) is 0 Å². The molecule has 1 heterocycles. The highest BCUT2D eigenvalue weighted by Gasteiger charge is 2.17. The summed E-state index contributed by atoms with van der Waals surface area (Å²) in [6.45, 7) is 7.71. The molecule has 1 amide bonds. The first-order valence-corrected chi connectivity index (χ1v) is 6.87. The van der Waals surface area contributed by atoms with Gasteiger partial charge in [-0.25, -0.2) is 15.8 Å². The normalized spacial score (nSPS) is 12.1. The van der Waals surface area contributed by atoms with Crippen LogP contribution in [0.3, 0.4) is 0 Å². The lowest BCUT2D eigenvalue weighted by Crippen LogP contribution is -2.41. The number of nitrogens with two attached hydrogens (primary N) is 1. The minimum absolute atomic E-state index is 0.0664. The molecule has 0 aliphatic rings. The van der Waals surface area contributed by atoms with Gasteiger partial charge in [-0.1, -0.05) is 13.3 Å². The molecular weight excluding hydrogens is 256 g/mol. The van der Waals surface area contributed by atoms with E-state index in [4.69, 9.17) is 5.84 Å². The predicted octanol–water partition coefficient (Wildman–Crippen LogP) is 1.04. The molecule has 7 nitrogen and oxygen atoms in total. The van der Waals surface area contributed by atoms with Crippen LogP contribution in [-0.4, -0.2) is 28.0 Å². The number of nitrogens with one attached hydrogen (secondary N) is 3.